The summed E-state index contributed by atoms with van der Waals surface area (Å²) in [6.07, 6.45) is -0.167. The van der Waals surface area contributed by atoms with Crippen molar-refractivity contribution in [1.82, 2.24) is 25.6 Å². The van der Waals surface area contributed by atoms with E-state index < -0.39 is 18.5 Å². The monoisotopic (exact) mass is 499 g/mol. The second kappa shape index (κ2) is 10.7. The first-order valence-corrected chi connectivity index (χ1v) is 11.3. The molecule has 3 aromatic rings. The lowest BCUT2D eigenvalue weighted by Gasteiger charge is -2.28. The number of pyridine rings is 1. The van der Waals surface area contributed by atoms with Gasteiger partial charge in [-0.2, -0.15) is 13.2 Å². The molecule has 188 valence electrons. The van der Waals surface area contributed by atoms with Gasteiger partial charge in [0.2, 0.25) is 0 Å². The van der Waals surface area contributed by atoms with Crippen molar-refractivity contribution in [3.63, 3.8) is 0 Å². The Balaban J connectivity index is 1.36. The molecule has 0 spiro atoms. The Labute approximate surface area is 205 Å². The Bertz CT molecular complexity index is 1230. The molecule has 0 bridgehead atoms. The number of hydrogen-bond donors (Lipinski definition) is 2. The minimum absolute atomic E-state index is 0.0124. The number of amides is 2. The maximum atomic E-state index is 12.8. The van der Waals surface area contributed by atoms with Crippen LogP contribution >= 0.6 is 0 Å². The third kappa shape index (κ3) is 6.35. The molecule has 0 saturated carbocycles. The predicted molar refractivity (Wildman–Crippen MR) is 125 cm³/mol. The summed E-state index contributed by atoms with van der Waals surface area (Å²) in [6.45, 7) is 1.98. The smallest absolute Gasteiger partial charge is 0.389 e. The van der Waals surface area contributed by atoms with Crippen LogP contribution in [0.1, 0.15) is 45.1 Å². The third-order valence-corrected chi connectivity index (χ3v) is 5.63. The molecule has 2 N–H and O–H groups in total. The average Bonchev–Trinajstić information content (AvgIpc) is 2.86. The number of carbonyl (C=O) groups is 2. The molecule has 0 fully saturated rings. The molecule has 0 unspecified atom stereocenters. The first-order valence-electron chi connectivity index (χ1n) is 11.3. The van der Waals surface area contributed by atoms with Crippen LogP contribution in [-0.2, 0) is 6.42 Å². The van der Waals surface area contributed by atoms with E-state index in [1.54, 1.807) is 12.4 Å². The number of hydrogen-bond acceptors (Lipinski definition) is 6. The fraction of sp³-hybridized carbons (Fsp3) is 0.320. The largest absolute Gasteiger partial charge is 0.491 e. The third-order valence-electron chi connectivity index (χ3n) is 5.63. The SMILES string of the molecule is Cc1ncc(-c2cccc3c2C[C@H](NC(=O)c2ccc(C(=O)NCCCC(F)(F)F)nc2)CO3)cn1. The quantitative estimate of drug-likeness (QED) is 0.481. The van der Waals surface area contributed by atoms with Crippen LogP contribution in [-0.4, -0.2) is 52.1 Å². The molecule has 4 rings (SSSR count). The zero-order chi connectivity index (χ0) is 25.7. The van der Waals surface area contributed by atoms with Crippen molar-refractivity contribution >= 4 is 11.8 Å². The number of carbonyl (C=O) groups excluding carboxylic acids is 2. The number of nitrogens with one attached hydrogen (secondary N) is 2. The van der Waals surface area contributed by atoms with E-state index in [9.17, 15) is 22.8 Å². The van der Waals surface area contributed by atoms with Crippen molar-refractivity contribution in [3.8, 4) is 16.9 Å². The van der Waals surface area contributed by atoms with Gasteiger partial charge in [0, 0.05) is 49.1 Å². The standard InChI is InChI=1S/C25H24F3N5O3/c1-15-30-12-17(13-31-15)19-4-2-5-22-20(19)10-18(14-36-22)33-23(34)16-6-7-21(32-11-16)24(35)29-9-3-8-25(26,27)28/h2,4-7,11-13,18H,3,8-10,14H2,1H3,(H,29,35)(H,33,34)/t18-/m0/s1. The van der Waals surface area contributed by atoms with Gasteiger partial charge in [-0.25, -0.2) is 9.97 Å². The van der Waals surface area contributed by atoms with Crippen LogP contribution in [0.4, 0.5) is 13.2 Å². The molecule has 1 aliphatic heterocycles. The number of fused-ring (bicyclic) bond motifs is 1. The molecule has 1 aromatic carbocycles. The maximum absolute atomic E-state index is 12.8. The van der Waals surface area contributed by atoms with E-state index in [1.807, 2.05) is 25.1 Å². The first-order chi connectivity index (χ1) is 17.2. The van der Waals surface area contributed by atoms with E-state index in [-0.39, 0.29) is 36.2 Å². The van der Waals surface area contributed by atoms with Crippen molar-refractivity contribution < 1.29 is 27.5 Å². The van der Waals surface area contributed by atoms with Crippen molar-refractivity contribution in [3.05, 3.63) is 71.6 Å². The summed E-state index contributed by atoms with van der Waals surface area (Å²) >= 11 is 0. The van der Waals surface area contributed by atoms with Crippen LogP contribution < -0.4 is 15.4 Å². The van der Waals surface area contributed by atoms with Crippen molar-refractivity contribution in [2.75, 3.05) is 13.2 Å². The van der Waals surface area contributed by atoms with E-state index in [2.05, 4.69) is 25.6 Å². The van der Waals surface area contributed by atoms with Gasteiger partial charge in [-0.3, -0.25) is 14.6 Å². The van der Waals surface area contributed by atoms with Crippen LogP contribution in [0.5, 0.6) is 5.75 Å². The fourth-order valence-corrected chi connectivity index (χ4v) is 3.81. The molecule has 0 aliphatic carbocycles. The lowest BCUT2D eigenvalue weighted by Crippen LogP contribution is -2.43. The fourth-order valence-electron chi connectivity index (χ4n) is 3.81. The Kier molecular flexibility index (Phi) is 7.47. The minimum atomic E-state index is -4.26. The molecule has 1 atom stereocenters. The molecule has 11 heteroatoms. The molecule has 8 nitrogen and oxygen atoms in total. The summed E-state index contributed by atoms with van der Waals surface area (Å²) in [4.78, 5) is 37.3. The lowest BCUT2D eigenvalue weighted by atomic mass is 9.94. The van der Waals surface area contributed by atoms with Gasteiger partial charge in [-0.15, -0.1) is 0 Å². The Morgan fingerprint density at radius 1 is 1.06 bits per heavy atom. The zero-order valence-electron chi connectivity index (χ0n) is 19.4. The number of nitrogens with zero attached hydrogens (tertiary/aromatic N) is 3. The molecular formula is C25H24F3N5O3. The average molecular weight is 499 g/mol. The molecule has 0 saturated heterocycles. The molecule has 3 heterocycles. The second-order valence-electron chi connectivity index (χ2n) is 8.39. The van der Waals surface area contributed by atoms with Crippen LogP contribution in [0.25, 0.3) is 11.1 Å². The van der Waals surface area contributed by atoms with Gasteiger partial charge in [0.1, 0.15) is 23.9 Å². The number of alkyl halides is 3. The molecular weight excluding hydrogens is 475 g/mol. The number of halogens is 3. The van der Waals surface area contributed by atoms with Crippen LogP contribution in [0.3, 0.4) is 0 Å². The Hall–Kier alpha value is -4.02. The highest BCUT2D eigenvalue weighted by atomic mass is 19.4. The normalized spacial score (nSPS) is 14.9. The molecule has 2 amide bonds. The van der Waals surface area contributed by atoms with Gasteiger partial charge >= 0.3 is 6.18 Å². The summed E-state index contributed by atoms with van der Waals surface area (Å²) in [5.41, 5.74) is 2.98. The molecule has 1 aliphatic rings. The summed E-state index contributed by atoms with van der Waals surface area (Å²) in [7, 11) is 0. The summed E-state index contributed by atoms with van der Waals surface area (Å²) in [5, 5.41) is 5.32. The Morgan fingerprint density at radius 3 is 2.53 bits per heavy atom. The molecule has 36 heavy (non-hydrogen) atoms. The van der Waals surface area contributed by atoms with Crippen molar-refractivity contribution in [1.29, 1.82) is 0 Å². The first kappa shape index (κ1) is 25.1. The van der Waals surface area contributed by atoms with Gasteiger partial charge in [0.15, 0.2) is 0 Å². The molecule has 0 radical (unpaired) electrons. The van der Waals surface area contributed by atoms with Gasteiger partial charge in [0.25, 0.3) is 11.8 Å². The summed E-state index contributed by atoms with van der Waals surface area (Å²) in [5.74, 6) is 0.427. The van der Waals surface area contributed by atoms with Crippen LogP contribution in [0, 0.1) is 6.92 Å². The highest BCUT2D eigenvalue weighted by Gasteiger charge is 2.26. The second-order valence-corrected chi connectivity index (χ2v) is 8.39. The number of rotatable bonds is 7. The van der Waals surface area contributed by atoms with E-state index >= 15 is 0 Å². The molecule has 2 aromatic heterocycles. The number of aromatic nitrogens is 3. The number of aryl methyl sites for hydroxylation is 1. The van der Waals surface area contributed by atoms with E-state index in [0.717, 1.165) is 22.4 Å². The van der Waals surface area contributed by atoms with Crippen LogP contribution in [0.15, 0.2) is 48.9 Å². The minimum Gasteiger partial charge on any atom is -0.491 e. The predicted octanol–water partition coefficient (Wildman–Crippen LogP) is 3.65. The van der Waals surface area contributed by atoms with E-state index in [1.165, 1.54) is 18.3 Å². The highest BCUT2D eigenvalue weighted by Crippen LogP contribution is 2.34. The van der Waals surface area contributed by atoms with E-state index in [4.69, 9.17) is 4.74 Å². The number of ether oxygens (including phenoxy) is 1. The van der Waals surface area contributed by atoms with Crippen molar-refractivity contribution in [2.24, 2.45) is 0 Å². The van der Waals surface area contributed by atoms with Crippen molar-refractivity contribution in [2.45, 2.75) is 38.4 Å². The topological polar surface area (TPSA) is 106 Å². The zero-order valence-corrected chi connectivity index (χ0v) is 19.4. The maximum Gasteiger partial charge on any atom is 0.389 e. The van der Waals surface area contributed by atoms with Gasteiger partial charge in [-0.1, -0.05) is 12.1 Å². The van der Waals surface area contributed by atoms with Gasteiger partial charge in [-0.05, 0) is 37.1 Å². The summed E-state index contributed by atoms with van der Waals surface area (Å²) < 4.78 is 42.5. The Morgan fingerprint density at radius 2 is 1.83 bits per heavy atom. The van der Waals surface area contributed by atoms with Gasteiger partial charge < -0.3 is 15.4 Å². The highest BCUT2D eigenvalue weighted by molar-refractivity contribution is 5.96. The van der Waals surface area contributed by atoms with Crippen LogP contribution in [0.2, 0.25) is 0 Å². The lowest BCUT2D eigenvalue weighted by molar-refractivity contribution is -0.135. The van der Waals surface area contributed by atoms with E-state index in [0.29, 0.717) is 18.9 Å². The number of benzene rings is 1. The van der Waals surface area contributed by atoms with Gasteiger partial charge in [0.05, 0.1) is 11.6 Å². The summed E-state index contributed by atoms with van der Waals surface area (Å²) in [6, 6.07) is 8.23.